The summed E-state index contributed by atoms with van der Waals surface area (Å²) in [7, 11) is 1.94. The van der Waals surface area contributed by atoms with Crippen LogP contribution in [-0.2, 0) is 4.79 Å². The lowest BCUT2D eigenvalue weighted by Crippen LogP contribution is -2.38. The molecule has 1 atom stereocenters. The minimum Gasteiger partial charge on any atom is -0.370 e. The molecular weight excluding hydrogens is 264 g/mol. The summed E-state index contributed by atoms with van der Waals surface area (Å²) >= 11 is 0. The molecule has 0 saturated carbocycles. The molecule has 1 saturated heterocycles. The number of hydrogen-bond donors (Lipinski definition) is 2. The number of hydrogen-bond acceptors (Lipinski definition) is 4. The molecule has 1 unspecified atom stereocenters. The Bertz CT molecular complexity index is 452. The van der Waals surface area contributed by atoms with E-state index in [9.17, 15) is 4.79 Å². The molecule has 5 heteroatoms. The zero-order valence-corrected chi connectivity index (χ0v) is 13.2. The molecule has 1 aliphatic rings. The second-order valence-corrected chi connectivity index (χ2v) is 5.82. The second-order valence-electron chi connectivity index (χ2n) is 5.82. The van der Waals surface area contributed by atoms with Gasteiger partial charge in [0.05, 0.1) is 17.6 Å². The maximum Gasteiger partial charge on any atom is 0.216 e. The molecule has 5 nitrogen and oxygen atoms in total. The molecule has 1 aromatic heterocycles. The molecule has 2 rings (SSSR count). The second kappa shape index (κ2) is 7.41. The van der Waals surface area contributed by atoms with E-state index in [1.54, 1.807) is 6.92 Å². The van der Waals surface area contributed by atoms with Crippen LogP contribution in [-0.4, -0.2) is 37.6 Å². The Hall–Kier alpha value is -1.62. The van der Waals surface area contributed by atoms with Gasteiger partial charge in [0.25, 0.3) is 0 Å². The number of anilines is 1. The van der Waals surface area contributed by atoms with Crippen LogP contribution in [0.15, 0.2) is 18.3 Å². The van der Waals surface area contributed by atoms with Gasteiger partial charge in [-0.2, -0.15) is 0 Å². The van der Waals surface area contributed by atoms with Crippen molar-refractivity contribution in [3.05, 3.63) is 24.0 Å². The Labute approximate surface area is 127 Å². The molecule has 1 aliphatic heterocycles. The van der Waals surface area contributed by atoms with Crippen molar-refractivity contribution >= 4 is 11.6 Å². The molecule has 1 amide bonds. The average molecular weight is 290 g/mol. The van der Waals surface area contributed by atoms with Gasteiger partial charge < -0.3 is 15.5 Å². The number of piperidine rings is 1. The van der Waals surface area contributed by atoms with Crippen molar-refractivity contribution in [3.8, 4) is 0 Å². The Morgan fingerprint density at radius 3 is 2.67 bits per heavy atom. The molecule has 1 aromatic rings. The van der Waals surface area contributed by atoms with Crippen molar-refractivity contribution < 1.29 is 4.79 Å². The molecule has 0 radical (unpaired) electrons. The van der Waals surface area contributed by atoms with Crippen molar-refractivity contribution in [2.45, 2.75) is 32.7 Å². The predicted molar refractivity (Wildman–Crippen MR) is 85.3 cm³/mol. The van der Waals surface area contributed by atoms with Gasteiger partial charge in [-0.15, -0.1) is 0 Å². The Morgan fingerprint density at radius 2 is 2.14 bits per heavy atom. The number of carbonyl (C=O) groups is 1. The zero-order valence-electron chi connectivity index (χ0n) is 13.2. The number of nitrogens with one attached hydrogen (secondary N) is 2. The lowest BCUT2D eigenvalue weighted by atomic mass is 9.96. The molecule has 2 N–H and O–H groups in total. The molecule has 0 spiro atoms. The number of rotatable bonds is 5. The smallest absolute Gasteiger partial charge is 0.216 e. The number of carbonyl (C=O) groups excluding carboxylic acids is 1. The quantitative estimate of drug-likeness (QED) is 0.867. The monoisotopic (exact) mass is 290 g/mol. The van der Waals surface area contributed by atoms with Gasteiger partial charge in [-0.25, -0.2) is 0 Å². The fourth-order valence-electron chi connectivity index (χ4n) is 2.67. The number of amides is 1. The number of nitrogens with zero attached hydrogens (tertiary/aromatic N) is 2. The van der Waals surface area contributed by atoms with Crippen LogP contribution in [0.3, 0.4) is 0 Å². The Balaban J connectivity index is 1.86. The minimum absolute atomic E-state index is 0.0656. The first kappa shape index (κ1) is 15.8. The molecule has 0 bridgehead atoms. The molecule has 0 aliphatic carbocycles. The van der Waals surface area contributed by atoms with Gasteiger partial charge in [0.15, 0.2) is 0 Å². The van der Waals surface area contributed by atoms with E-state index in [1.165, 1.54) is 5.69 Å². The van der Waals surface area contributed by atoms with Crippen molar-refractivity contribution in [1.29, 1.82) is 0 Å². The van der Waals surface area contributed by atoms with Crippen molar-refractivity contribution in [3.63, 3.8) is 0 Å². The topological polar surface area (TPSA) is 57.3 Å². The molecule has 0 aromatic carbocycles. The summed E-state index contributed by atoms with van der Waals surface area (Å²) in [6.45, 7) is 6.56. The Morgan fingerprint density at radius 1 is 1.43 bits per heavy atom. The summed E-state index contributed by atoms with van der Waals surface area (Å²) in [6, 6.07) is 4.53. The molecular formula is C16H26N4O. The highest BCUT2D eigenvalue weighted by Crippen LogP contribution is 2.23. The van der Waals surface area contributed by atoms with Crippen LogP contribution in [0.25, 0.3) is 0 Å². The fourth-order valence-corrected chi connectivity index (χ4v) is 2.67. The zero-order chi connectivity index (χ0) is 15.2. The number of aromatic nitrogens is 1. The van der Waals surface area contributed by atoms with Crippen molar-refractivity contribution in [1.82, 2.24) is 15.6 Å². The maximum atomic E-state index is 10.9. The predicted octanol–water partition coefficient (Wildman–Crippen LogP) is 1.71. The minimum atomic E-state index is 0.0656. The van der Waals surface area contributed by atoms with E-state index in [1.807, 2.05) is 13.2 Å². The van der Waals surface area contributed by atoms with Gasteiger partial charge in [0, 0.05) is 32.6 Å². The summed E-state index contributed by atoms with van der Waals surface area (Å²) in [6.07, 6.45) is 4.21. The van der Waals surface area contributed by atoms with Gasteiger partial charge in [-0.3, -0.25) is 9.78 Å². The van der Waals surface area contributed by atoms with Gasteiger partial charge in [0.2, 0.25) is 5.91 Å². The normalized spacial score (nSPS) is 17.6. The van der Waals surface area contributed by atoms with Crippen LogP contribution < -0.4 is 15.5 Å². The van der Waals surface area contributed by atoms with Crippen LogP contribution >= 0.6 is 0 Å². The van der Waals surface area contributed by atoms with Gasteiger partial charge in [0.1, 0.15) is 0 Å². The van der Waals surface area contributed by atoms with Crippen LogP contribution in [0.4, 0.5) is 5.69 Å². The first-order valence-electron chi connectivity index (χ1n) is 7.72. The molecule has 21 heavy (non-hydrogen) atoms. The SMILES string of the molecule is CNC(C)c1ccc(N2CCC(CNC(C)=O)CC2)cn1. The van der Waals surface area contributed by atoms with E-state index in [0.29, 0.717) is 5.92 Å². The highest BCUT2D eigenvalue weighted by molar-refractivity contribution is 5.72. The average Bonchev–Trinajstić information content (AvgIpc) is 2.53. The first-order valence-corrected chi connectivity index (χ1v) is 7.72. The van der Waals surface area contributed by atoms with Crippen molar-refractivity contribution in [2.24, 2.45) is 5.92 Å². The molecule has 116 valence electrons. The van der Waals surface area contributed by atoms with E-state index in [-0.39, 0.29) is 11.9 Å². The summed E-state index contributed by atoms with van der Waals surface area (Å²) in [4.78, 5) is 17.9. The summed E-state index contributed by atoms with van der Waals surface area (Å²) in [5.74, 6) is 0.664. The van der Waals surface area contributed by atoms with Crippen LogP contribution in [0, 0.1) is 5.92 Å². The van der Waals surface area contributed by atoms with E-state index in [2.05, 4.69) is 39.6 Å². The summed E-state index contributed by atoms with van der Waals surface area (Å²) in [5.41, 5.74) is 2.27. The van der Waals surface area contributed by atoms with Gasteiger partial charge in [-0.05, 0) is 44.9 Å². The highest BCUT2D eigenvalue weighted by atomic mass is 16.1. The van der Waals surface area contributed by atoms with E-state index < -0.39 is 0 Å². The highest BCUT2D eigenvalue weighted by Gasteiger charge is 2.19. The number of pyridine rings is 1. The maximum absolute atomic E-state index is 10.9. The largest absolute Gasteiger partial charge is 0.370 e. The third kappa shape index (κ3) is 4.43. The lowest BCUT2D eigenvalue weighted by Gasteiger charge is -2.33. The van der Waals surface area contributed by atoms with Crippen LogP contribution in [0.1, 0.15) is 38.4 Å². The third-order valence-corrected chi connectivity index (χ3v) is 4.27. The molecule has 1 fully saturated rings. The van der Waals surface area contributed by atoms with Crippen LogP contribution in [0.2, 0.25) is 0 Å². The Kier molecular flexibility index (Phi) is 5.56. The fraction of sp³-hybridized carbons (Fsp3) is 0.625. The molecule has 2 heterocycles. The lowest BCUT2D eigenvalue weighted by molar-refractivity contribution is -0.119. The summed E-state index contributed by atoms with van der Waals surface area (Å²) < 4.78 is 0. The first-order chi connectivity index (χ1) is 10.1. The van der Waals surface area contributed by atoms with Gasteiger partial charge >= 0.3 is 0 Å². The third-order valence-electron chi connectivity index (χ3n) is 4.27. The summed E-state index contributed by atoms with van der Waals surface area (Å²) in [5, 5.41) is 6.12. The van der Waals surface area contributed by atoms with E-state index in [4.69, 9.17) is 0 Å². The standard InChI is InChI=1S/C16H26N4O/c1-12(17-3)16-5-4-15(11-19-16)20-8-6-14(7-9-20)10-18-13(2)21/h4-5,11-12,14,17H,6-10H2,1-3H3,(H,18,21). The van der Waals surface area contributed by atoms with E-state index in [0.717, 1.165) is 38.2 Å². The van der Waals surface area contributed by atoms with E-state index >= 15 is 0 Å². The van der Waals surface area contributed by atoms with Gasteiger partial charge in [-0.1, -0.05) is 0 Å². The van der Waals surface area contributed by atoms with Crippen LogP contribution in [0.5, 0.6) is 0 Å². The van der Waals surface area contributed by atoms with Crippen molar-refractivity contribution in [2.75, 3.05) is 31.6 Å².